The maximum absolute atomic E-state index is 12.4. The second-order valence-electron chi connectivity index (χ2n) is 5.97. The van der Waals surface area contributed by atoms with E-state index >= 15 is 0 Å². The van der Waals surface area contributed by atoms with E-state index in [1.807, 2.05) is 49.4 Å². The average molecular weight is 411 g/mol. The number of halogens is 1. The SMILES string of the molecule is Cc1cc(Sc2nc3ccccc3s2)c(Cl)cc1NC(=O)c1ccccc1. The van der Waals surface area contributed by atoms with Gasteiger partial charge in [0.25, 0.3) is 5.91 Å². The number of rotatable bonds is 4. The quantitative estimate of drug-likeness (QED) is 0.409. The number of hydrogen-bond acceptors (Lipinski definition) is 4. The molecule has 0 aliphatic rings. The second kappa shape index (κ2) is 7.72. The van der Waals surface area contributed by atoms with Gasteiger partial charge < -0.3 is 5.32 Å². The third-order valence-electron chi connectivity index (χ3n) is 4.03. The molecule has 1 N–H and O–H groups in total. The molecule has 1 aromatic heterocycles. The van der Waals surface area contributed by atoms with Crippen molar-refractivity contribution in [3.05, 3.63) is 82.9 Å². The number of hydrogen-bond donors (Lipinski definition) is 1. The number of nitrogens with one attached hydrogen (secondary N) is 1. The molecule has 134 valence electrons. The highest BCUT2D eigenvalue weighted by molar-refractivity contribution is 8.01. The Bertz CT molecular complexity index is 1090. The van der Waals surface area contributed by atoms with Crippen LogP contribution in [0.5, 0.6) is 0 Å². The van der Waals surface area contributed by atoms with Crippen LogP contribution in [0.1, 0.15) is 15.9 Å². The van der Waals surface area contributed by atoms with E-state index in [2.05, 4.69) is 16.4 Å². The molecule has 0 bridgehead atoms. The third kappa shape index (κ3) is 4.00. The summed E-state index contributed by atoms with van der Waals surface area (Å²) in [6.45, 7) is 1.96. The minimum Gasteiger partial charge on any atom is -0.322 e. The summed E-state index contributed by atoms with van der Waals surface area (Å²) in [5.41, 5.74) is 3.26. The van der Waals surface area contributed by atoms with E-state index in [4.69, 9.17) is 11.6 Å². The number of anilines is 1. The summed E-state index contributed by atoms with van der Waals surface area (Å²) >= 11 is 9.67. The first-order valence-corrected chi connectivity index (χ1v) is 10.3. The second-order valence-corrected chi connectivity index (χ2v) is 8.69. The number of thiazole rings is 1. The first kappa shape index (κ1) is 18.0. The summed E-state index contributed by atoms with van der Waals surface area (Å²) in [6, 6.07) is 21.0. The predicted octanol–water partition coefficient (Wildman–Crippen LogP) is 6.66. The molecule has 1 heterocycles. The Morgan fingerprint density at radius 2 is 1.81 bits per heavy atom. The normalized spacial score (nSPS) is 10.9. The molecular formula is C21H15ClN2OS2. The van der Waals surface area contributed by atoms with E-state index in [0.717, 1.165) is 25.0 Å². The summed E-state index contributed by atoms with van der Waals surface area (Å²) in [5, 5.41) is 3.53. The number of benzene rings is 3. The lowest BCUT2D eigenvalue weighted by molar-refractivity contribution is 0.102. The smallest absolute Gasteiger partial charge is 0.255 e. The van der Waals surface area contributed by atoms with Gasteiger partial charge in [-0.15, -0.1) is 11.3 Å². The lowest BCUT2D eigenvalue weighted by Gasteiger charge is -2.11. The van der Waals surface area contributed by atoms with Crippen LogP contribution >= 0.6 is 34.7 Å². The summed E-state index contributed by atoms with van der Waals surface area (Å²) in [7, 11) is 0. The van der Waals surface area contributed by atoms with Gasteiger partial charge in [-0.3, -0.25) is 4.79 Å². The molecule has 0 unspecified atom stereocenters. The minimum absolute atomic E-state index is 0.152. The molecule has 4 rings (SSSR count). The summed E-state index contributed by atoms with van der Waals surface area (Å²) < 4.78 is 2.10. The van der Waals surface area contributed by atoms with Crippen molar-refractivity contribution in [3.63, 3.8) is 0 Å². The van der Waals surface area contributed by atoms with Crippen molar-refractivity contribution in [2.45, 2.75) is 16.2 Å². The van der Waals surface area contributed by atoms with Crippen molar-refractivity contribution in [3.8, 4) is 0 Å². The molecule has 0 aliphatic carbocycles. The van der Waals surface area contributed by atoms with Crippen LogP contribution in [0.15, 0.2) is 76.0 Å². The van der Waals surface area contributed by atoms with Gasteiger partial charge in [0.2, 0.25) is 0 Å². The van der Waals surface area contributed by atoms with E-state index in [1.54, 1.807) is 41.3 Å². The highest BCUT2D eigenvalue weighted by atomic mass is 35.5. The Morgan fingerprint density at radius 1 is 1.07 bits per heavy atom. The Kier molecular flexibility index (Phi) is 5.16. The van der Waals surface area contributed by atoms with Gasteiger partial charge in [0.1, 0.15) is 0 Å². The molecule has 0 atom stereocenters. The van der Waals surface area contributed by atoms with Crippen molar-refractivity contribution in [2.75, 3.05) is 5.32 Å². The van der Waals surface area contributed by atoms with Crippen LogP contribution in [0.2, 0.25) is 5.02 Å². The molecular weight excluding hydrogens is 396 g/mol. The Balaban J connectivity index is 1.57. The van der Waals surface area contributed by atoms with E-state index in [0.29, 0.717) is 16.3 Å². The van der Waals surface area contributed by atoms with Crippen molar-refractivity contribution >= 4 is 56.5 Å². The molecule has 1 amide bonds. The number of para-hydroxylation sites is 1. The van der Waals surface area contributed by atoms with E-state index < -0.39 is 0 Å². The Hall–Kier alpha value is -2.34. The molecule has 0 radical (unpaired) electrons. The zero-order valence-electron chi connectivity index (χ0n) is 14.4. The molecule has 3 nitrogen and oxygen atoms in total. The van der Waals surface area contributed by atoms with Crippen molar-refractivity contribution in [1.82, 2.24) is 4.98 Å². The maximum Gasteiger partial charge on any atom is 0.255 e. The van der Waals surface area contributed by atoms with Gasteiger partial charge in [0.15, 0.2) is 4.34 Å². The topological polar surface area (TPSA) is 42.0 Å². The van der Waals surface area contributed by atoms with Crippen molar-refractivity contribution < 1.29 is 4.79 Å². The highest BCUT2D eigenvalue weighted by Gasteiger charge is 2.13. The number of fused-ring (bicyclic) bond motifs is 1. The standard InChI is InChI=1S/C21H15ClN2OS2/c1-13-11-19(27-21-24-16-9-5-6-10-18(16)26-21)15(22)12-17(13)23-20(25)14-7-3-2-4-8-14/h2-12H,1H3,(H,23,25). The van der Waals surface area contributed by atoms with E-state index in [-0.39, 0.29) is 5.91 Å². The number of nitrogens with zero attached hydrogens (tertiary/aromatic N) is 1. The highest BCUT2D eigenvalue weighted by Crippen LogP contribution is 2.39. The van der Waals surface area contributed by atoms with Crippen LogP contribution in [0.3, 0.4) is 0 Å². The molecule has 6 heteroatoms. The van der Waals surface area contributed by atoms with Crippen LogP contribution in [0.4, 0.5) is 5.69 Å². The molecule has 0 saturated heterocycles. The first-order valence-electron chi connectivity index (χ1n) is 8.30. The van der Waals surface area contributed by atoms with E-state index in [1.165, 1.54) is 0 Å². The van der Waals surface area contributed by atoms with Gasteiger partial charge in [0.05, 0.1) is 15.2 Å². The van der Waals surface area contributed by atoms with Crippen molar-refractivity contribution in [1.29, 1.82) is 0 Å². The fourth-order valence-electron chi connectivity index (χ4n) is 2.64. The van der Waals surface area contributed by atoms with Gasteiger partial charge in [-0.25, -0.2) is 4.98 Å². The fraction of sp³-hybridized carbons (Fsp3) is 0.0476. The monoisotopic (exact) mass is 410 g/mol. The average Bonchev–Trinajstić information content (AvgIpc) is 3.09. The largest absolute Gasteiger partial charge is 0.322 e. The summed E-state index contributed by atoms with van der Waals surface area (Å²) in [4.78, 5) is 17.9. The molecule has 3 aromatic carbocycles. The maximum atomic E-state index is 12.4. The summed E-state index contributed by atoms with van der Waals surface area (Å²) in [5.74, 6) is -0.152. The van der Waals surface area contributed by atoms with Gasteiger partial charge in [-0.1, -0.05) is 53.7 Å². The predicted molar refractivity (Wildman–Crippen MR) is 114 cm³/mol. The lowest BCUT2D eigenvalue weighted by Crippen LogP contribution is -2.12. The first-order chi connectivity index (χ1) is 13.1. The molecule has 0 spiro atoms. The minimum atomic E-state index is -0.152. The fourth-order valence-corrected chi connectivity index (χ4v) is 5.05. The molecule has 27 heavy (non-hydrogen) atoms. The number of amides is 1. The Morgan fingerprint density at radius 3 is 2.59 bits per heavy atom. The zero-order chi connectivity index (χ0) is 18.8. The number of aryl methyl sites for hydroxylation is 1. The number of carbonyl (C=O) groups excluding carboxylic acids is 1. The van der Waals surface area contributed by atoms with Crippen LogP contribution in [0.25, 0.3) is 10.2 Å². The van der Waals surface area contributed by atoms with Gasteiger partial charge >= 0.3 is 0 Å². The number of carbonyl (C=O) groups is 1. The van der Waals surface area contributed by atoms with Gasteiger partial charge in [-0.05, 0) is 48.9 Å². The van der Waals surface area contributed by atoms with Crippen LogP contribution in [-0.4, -0.2) is 10.9 Å². The molecule has 0 aliphatic heterocycles. The third-order valence-corrected chi connectivity index (χ3v) is 6.61. The van der Waals surface area contributed by atoms with Crippen LogP contribution in [-0.2, 0) is 0 Å². The van der Waals surface area contributed by atoms with Gasteiger partial charge in [0, 0.05) is 16.1 Å². The van der Waals surface area contributed by atoms with E-state index in [9.17, 15) is 4.79 Å². The molecule has 0 fully saturated rings. The Labute approximate surface area is 170 Å². The number of aromatic nitrogens is 1. The van der Waals surface area contributed by atoms with Crippen LogP contribution < -0.4 is 5.32 Å². The zero-order valence-corrected chi connectivity index (χ0v) is 16.8. The molecule has 0 saturated carbocycles. The lowest BCUT2D eigenvalue weighted by atomic mass is 10.1. The van der Waals surface area contributed by atoms with Crippen LogP contribution in [0, 0.1) is 6.92 Å². The summed E-state index contributed by atoms with van der Waals surface area (Å²) in [6.07, 6.45) is 0. The van der Waals surface area contributed by atoms with Crippen molar-refractivity contribution in [2.24, 2.45) is 0 Å². The molecule has 4 aromatic rings. The van der Waals surface area contributed by atoms with Gasteiger partial charge in [-0.2, -0.15) is 0 Å².